The van der Waals surface area contributed by atoms with Gasteiger partial charge in [-0.2, -0.15) is 5.26 Å². The van der Waals surface area contributed by atoms with Gasteiger partial charge in [0.25, 0.3) is 0 Å². The quantitative estimate of drug-likeness (QED) is 0.613. The molecule has 0 N–H and O–H groups in total. The van der Waals surface area contributed by atoms with E-state index >= 15 is 0 Å². The van der Waals surface area contributed by atoms with Crippen LogP contribution in [0, 0.1) is 11.3 Å². The number of halogens is 1. The van der Waals surface area contributed by atoms with Crippen LogP contribution in [0.2, 0.25) is 5.02 Å². The molecule has 0 fully saturated rings. The lowest BCUT2D eigenvalue weighted by Gasteiger charge is -2.04. The van der Waals surface area contributed by atoms with E-state index in [0.717, 1.165) is 0 Å². The molecule has 1 aromatic carbocycles. The Bertz CT molecular complexity index is 428. The van der Waals surface area contributed by atoms with Gasteiger partial charge in [0.2, 0.25) is 0 Å². The third kappa shape index (κ3) is 3.76. The van der Waals surface area contributed by atoms with Gasteiger partial charge in [-0.05, 0) is 25.1 Å². The molecule has 0 aliphatic heterocycles. The molecule has 1 aromatic rings. The molecular weight excluding hydrogens is 246 g/mol. The summed E-state index contributed by atoms with van der Waals surface area (Å²) in [5.41, 5.74) is 0.513. The normalized spacial score (nSPS) is 9.56. The summed E-state index contributed by atoms with van der Waals surface area (Å²) in [5.74, 6) is -0.112. The van der Waals surface area contributed by atoms with Crippen molar-refractivity contribution in [3.63, 3.8) is 0 Å². The number of hydrogen-bond acceptors (Lipinski definition) is 4. The second-order valence-electron chi connectivity index (χ2n) is 2.85. The van der Waals surface area contributed by atoms with Crippen LogP contribution in [0.15, 0.2) is 23.1 Å². The number of nitriles is 1. The first-order chi connectivity index (χ1) is 7.67. The predicted molar refractivity (Wildman–Crippen MR) is 63.5 cm³/mol. The van der Waals surface area contributed by atoms with Crippen LogP contribution in [0.4, 0.5) is 0 Å². The number of carbonyl (C=O) groups excluding carboxylic acids is 1. The number of carbonyl (C=O) groups is 1. The van der Waals surface area contributed by atoms with Crippen molar-refractivity contribution in [2.24, 2.45) is 0 Å². The van der Waals surface area contributed by atoms with E-state index in [1.165, 1.54) is 11.8 Å². The molecular formula is C11H10ClNO2S. The maximum Gasteiger partial charge on any atom is 0.316 e. The van der Waals surface area contributed by atoms with Crippen molar-refractivity contribution < 1.29 is 9.53 Å². The molecule has 0 aliphatic carbocycles. The third-order valence-electron chi connectivity index (χ3n) is 1.71. The van der Waals surface area contributed by atoms with E-state index < -0.39 is 0 Å². The molecule has 0 saturated heterocycles. The Kier molecular flexibility index (Phi) is 5.17. The SMILES string of the molecule is CCOC(=O)CSc1cc(Cl)ccc1C#N. The number of rotatable bonds is 4. The Balaban J connectivity index is 2.70. The summed E-state index contributed by atoms with van der Waals surface area (Å²) < 4.78 is 4.79. The lowest BCUT2D eigenvalue weighted by Crippen LogP contribution is -2.06. The van der Waals surface area contributed by atoms with Crippen molar-refractivity contribution in [1.29, 1.82) is 5.26 Å². The summed E-state index contributed by atoms with van der Waals surface area (Å²) in [6.45, 7) is 2.11. The standard InChI is InChI=1S/C11H10ClNO2S/c1-2-15-11(14)7-16-10-5-9(12)4-3-8(10)6-13/h3-5H,2,7H2,1H3. The topological polar surface area (TPSA) is 50.1 Å². The fourth-order valence-electron chi connectivity index (χ4n) is 1.05. The highest BCUT2D eigenvalue weighted by molar-refractivity contribution is 8.00. The maximum atomic E-state index is 11.1. The molecule has 84 valence electrons. The molecule has 16 heavy (non-hydrogen) atoms. The van der Waals surface area contributed by atoms with E-state index in [2.05, 4.69) is 0 Å². The van der Waals surface area contributed by atoms with Crippen molar-refractivity contribution in [1.82, 2.24) is 0 Å². The molecule has 0 atom stereocenters. The highest BCUT2D eigenvalue weighted by Crippen LogP contribution is 2.25. The zero-order chi connectivity index (χ0) is 12.0. The van der Waals surface area contributed by atoms with Crippen LogP contribution < -0.4 is 0 Å². The van der Waals surface area contributed by atoms with Crippen molar-refractivity contribution in [2.45, 2.75) is 11.8 Å². The minimum atomic E-state index is -0.295. The summed E-state index contributed by atoms with van der Waals surface area (Å²) in [6.07, 6.45) is 0. The highest BCUT2D eigenvalue weighted by Gasteiger charge is 2.07. The highest BCUT2D eigenvalue weighted by atomic mass is 35.5. The van der Waals surface area contributed by atoms with Gasteiger partial charge in [0.15, 0.2) is 0 Å². The average Bonchev–Trinajstić information content (AvgIpc) is 2.27. The van der Waals surface area contributed by atoms with Crippen LogP contribution in [0.5, 0.6) is 0 Å². The molecule has 0 saturated carbocycles. The zero-order valence-electron chi connectivity index (χ0n) is 8.70. The third-order valence-corrected chi connectivity index (χ3v) is 2.98. The first-order valence-electron chi connectivity index (χ1n) is 4.65. The zero-order valence-corrected chi connectivity index (χ0v) is 10.3. The van der Waals surface area contributed by atoms with Gasteiger partial charge in [-0.25, -0.2) is 0 Å². The van der Waals surface area contributed by atoms with E-state index in [-0.39, 0.29) is 11.7 Å². The van der Waals surface area contributed by atoms with Crippen LogP contribution >= 0.6 is 23.4 Å². The summed E-state index contributed by atoms with van der Waals surface area (Å²) in [5, 5.41) is 9.40. The average molecular weight is 256 g/mol. The molecule has 0 aliphatic rings. The fourth-order valence-corrected chi connectivity index (χ4v) is 2.12. The fraction of sp³-hybridized carbons (Fsp3) is 0.273. The van der Waals surface area contributed by atoms with Gasteiger partial charge in [0, 0.05) is 9.92 Å². The number of thioether (sulfide) groups is 1. The molecule has 0 amide bonds. The van der Waals surface area contributed by atoms with E-state index in [9.17, 15) is 4.79 Å². The predicted octanol–water partition coefficient (Wildman–Crippen LogP) is 2.87. The van der Waals surface area contributed by atoms with Crippen molar-refractivity contribution >= 4 is 29.3 Å². The largest absolute Gasteiger partial charge is 0.465 e. The monoisotopic (exact) mass is 255 g/mol. The van der Waals surface area contributed by atoms with Gasteiger partial charge in [-0.3, -0.25) is 4.79 Å². The van der Waals surface area contributed by atoms with Gasteiger partial charge in [0.1, 0.15) is 6.07 Å². The Hall–Kier alpha value is -1.18. The van der Waals surface area contributed by atoms with Crippen LogP contribution in [0.25, 0.3) is 0 Å². The molecule has 1 rings (SSSR count). The van der Waals surface area contributed by atoms with E-state index in [4.69, 9.17) is 21.6 Å². The van der Waals surface area contributed by atoms with E-state index in [1.54, 1.807) is 25.1 Å². The lowest BCUT2D eigenvalue weighted by atomic mass is 10.2. The number of benzene rings is 1. The smallest absolute Gasteiger partial charge is 0.316 e. The molecule has 0 heterocycles. The second-order valence-corrected chi connectivity index (χ2v) is 4.30. The van der Waals surface area contributed by atoms with Crippen LogP contribution in [0.1, 0.15) is 12.5 Å². The molecule has 0 bridgehead atoms. The van der Waals surface area contributed by atoms with Crippen molar-refractivity contribution in [3.8, 4) is 6.07 Å². The van der Waals surface area contributed by atoms with E-state index in [1.807, 2.05) is 6.07 Å². The Labute approximate surface area is 103 Å². The van der Waals surface area contributed by atoms with Crippen molar-refractivity contribution in [3.05, 3.63) is 28.8 Å². The van der Waals surface area contributed by atoms with E-state index in [0.29, 0.717) is 22.1 Å². The summed E-state index contributed by atoms with van der Waals surface area (Å²) >= 11 is 7.06. The Morgan fingerprint density at radius 3 is 3.00 bits per heavy atom. The Morgan fingerprint density at radius 1 is 1.62 bits per heavy atom. The summed E-state index contributed by atoms with van der Waals surface area (Å²) in [4.78, 5) is 11.8. The molecule has 0 aromatic heterocycles. The number of ether oxygens (including phenoxy) is 1. The van der Waals surface area contributed by atoms with Gasteiger partial charge in [-0.1, -0.05) is 11.6 Å². The van der Waals surface area contributed by atoms with Crippen molar-refractivity contribution in [2.75, 3.05) is 12.4 Å². The molecule has 0 radical (unpaired) electrons. The first-order valence-corrected chi connectivity index (χ1v) is 6.01. The summed E-state index contributed by atoms with van der Waals surface area (Å²) in [6, 6.07) is 7.00. The molecule has 0 unspecified atom stereocenters. The molecule has 3 nitrogen and oxygen atoms in total. The Morgan fingerprint density at radius 2 is 2.38 bits per heavy atom. The van der Waals surface area contributed by atoms with Crippen LogP contribution in [-0.2, 0) is 9.53 Å². The van der Waals surface area contributed by atoms with Gasteiger partial charge < -0.3 is 4.74 Å². The minimum Gasteiger partial charge on any atom is -0.465 e. The minimum absolute atomic E-state index is 0.183. The molecule has 0 spiro atoms. The first kappa shape index (κ1) is 12.9. The van der Waals surface area contributed by atoms with Gasteiger partial charge in [0.05, 0.1) is 17.9 Å². The van der Waals surface area contributed by atoms with Gasteiger partial charge >= 0.3 is 5.97 Å². The van der Waals surface area contributed by atoms with Gasteiger partial charge in [-0.15, -0.1) is 11.8 Å². The van der Waals surface area contributed by atoms with Crippen LogP contribution in [-0.4, -0.2) is 18.3 Å². The number of nitrogens with zero attached hydrogens (tertiary/aromatic N) is 1. The molecule has 5 heteroatoms. The maximum absolute atomic E-state index is 11.1. The summed E-state index contributed by atoms with van der Waals surface area (Å²) in [7, 11) is 0. The van der Waals surface area contributed by atoms with Crippen LogP contribution in [0.3, 0.4) is 0 Å². The number of esters is 1. The second kappa shape index (κ2) is 6.41. The lowest BCUT2D eigenvalue weighted by molar-refractivity contribution is -0.139. The number of hydrogen-bond donors (Lipinski definition) is 0.